The summed E-state index contributed by atoms with van der Waals surface area (Å²) in [6.07, 6.45) is -14.3. The summed E-state index contributed by atoms with van der Waals surface area (Å²) in [5, 5.41) is 67.6. The van der Waals surface area contributed by atoms with E-state index in [2.05, 4.69) is 0 Å². The first-order valence-electron chi connectivity index (χ1n) is 6.93. The summed E-state index contributed by atoms with van der Waals surface area (Å²) in [5.41, 5.74) is 0. The molecule has 2 aliphatic heterocycles. The van der Waals surface area contributed by atoms with Gasteiger partial charge < -0.3 is 50.0 Å². The van der Waals surface area contributed by atoms with Gasteiger partial charge in [-0.25, -0.2) is 0 Å². The lowest BCUT2D eigenvalue weighted by molar-refractivity contribution is -0.353. The third kappa shape index (κ3) is 3.26. The number of aliphatic hydroxyl groups is 7. The molecule has 2 aliphatic rings. The van der Waals surface area contributed by atoms with Crippen LogP contribution in [0.3, 0.4) is 0 Å². The summed E-state index contributed by atoms with van der Waals surface area (Å²) in [6.45, 7) is 0.812. The highest BCUT2D eigenvalue weighted by Gasteiger charge is 2.49. The highest BCUT2D eigenvalue weighted by atomic mass is 16.7. The first-order chi connectivity index (χ1) is 10.3. The maximum atomic E-state index is 9.96. The van der Waals surface area contributed by atoms with Gasteiger partial charge in [0.25, 0.3) is 0 Å². The first-order valence-corrected chi connectivity index (χ1v) is 6.93. The van der Waals surface area contributed by atoms with Crippen LogP contribution in [0.4, 0.5) is 0 Å². The molecule has 130 valence electrons. The van der Waals surface area contributed by atoms with Crippen LogP contribution in [0.1, 0.15) is 6.92 Å². The molecule has 10 heteroatoms. The van der Waals surface area contributed by atoms with E-state index in [0.717, 1.165) is 0 Å². The summed E-state index contributed by atoms with van der Waals surface area (Å²) in [6, 6.07) is 0. The molecular formula is C12H22O10. The van der Waals surface area contributed by atoms with Gasteiger partial charge in [0.2, 0.25) is 0 Å². The Labute approximate surface area is 126 Å². The Morgan fingerprint density at radius 3 is 2.05 bits per heavy atom. The Kier molecular flexibility index (Phi) is 5.72. The fraction of sp³-hybridized carbons (Fsp3) is 1.00. The van der Waals surface area contributed by atoms with Crippen molar-refractivity contribution in [1.29, 1.82) is 0 Å². The van der Waals surface area contributed by atoms with E-state index in [4.69, 9.17) is 19.3 Å². The molecule has 0 radical (unpaired) electrons. The van der Waals surface area contributed by atoms with E-state index in [1.807, 2.05) is 0 Å². The second-order valence-electron chi connectivity index (χ2n) is 5.51. The van der Waals surface area contributed by atoms with Crippen molar-refractivity contribution in [3.05, 3.63) is 0 Å². The molecular weight excluding hydrogens is 304 g/mol. The highest BCUT2D eigenvalue weighted by Crippen LogP contribution is 2.28. The van der Waals surface area contributed by atoms with Crippen LogP contribution < -0.4 is 0 Å². The van der Waals surface area contributed by atoms with Crippen molar-refractivity contribution in [2.45, 2.75) is 68.3 Å². The van der Waals surface area contributed by atoms with Crippen molar-refractivity contribution in [2.24, 2.45) is 0 Å². The number of hydrogen-bond acceptors (Lipinski definition) is 10. The monoisotopic (exact) mass is 326 g/mol. The van der Waals surface area contributed by atoms with Crippen molar-refractivity contribution in [3.63, 3.8) is 0 Å². The zero-order valence-corrected chi connectivity index (χ0v) is 11.8. The zero-order chi connectivity index (χ0) is 16.6. The van der Waals surface area contributed by atoms with Gasteiger partial charge in [0.1, 0.15) is 42.7 Å². The van der Waals surface area contributed by atoms with E-state index in [1.165, 1.54) is 6.92 Å². The lowest BCUT2D eigenvalue weighted by atomic mass is 9.97. The highest BCUT2D eigenvalue weighted by molar-refractivity contribution is 4.92. The Hall–Kier alpha value is -0.400. The molecule has 22 heavy (non-hydrogen) atoms. The van der Waals surface area contributed by atoms with Gasteiger partial charge in [-0.1, -0.05) is 0 Å². The Balaban J connectivity index is 2.10. The molecule has 2 unspecified atom stereocenters. The Morgan fingerprint density at radius 2 is 1.45 bits per heavy atom. The molecule has 2 rings (SSSR count). The SMILES string of the molecule is C[C@H]1OC(O)[C@@H](O)[C@@H](OC2O[C@H](CO)[C@H](O)[C@H](O)[C@H]2O)[C@@H]1O. The fourth-order valence-electron chi connectivity index (χ4n) is 2.51. The van der Waals surface area contributed by atoms with Crippen molar-refractivity contribution in [1.82, 2.24) is 0 Å². The van der Waals surface area contributed by atoms with Crippen molar-refractivity contribution in [3.8, 4) is 0 Å². The third-order valence-corrected chi connectivity index (χ3v) is 3.94. The average Bonchev–Trinajstić information content (AvgIpc) is 2.49. The summed E-state index contributed by atoms with van der Waals surface area (Å²) >= 11 is 0. The molecule has 2 saturated heterocycles. The van der Waals surface area contributed by atoms with Gasteiger partial charge in [0.05, 0.1) is 12.7 Å². The van der Waals surface area contributed by atoms with Crippen LogP contribution in [-0.4, -0.2) is 104 Å². The van der Waals surface area contributed by atoms with Crippen molar-refractivity contribution >= 4 is 0 Å². The normalized spacial score (nSPS) is 53.5. The molecule has 0 spiro atoms. The van der Waals surface area contributed by atoms with Crippen LogP contribution in [0, 0.1) is 0 Å². The smallest absolute Gasteiger partial charge is 0.187 e. The predicted molar refractivity (Wildman–Crippen MR) is 67.2 cm³/mol. The van der Waals surface area contributed by atoms with E-state index in [9.17, 15) is 30.6 Å². The Morgan fingerprint density at radius 1 is 0.818 bits per heavy atom. The summed E-state index contributed by atoms with van der Waals surface area (Å²) in [4.78, 5) is 0. The fourth-order valence-corrected chi connectivity index (χ4v) is 2.51. The molecule has 0 aliphatic carbocycles. The molecule has 0 aromatic rings. The Bertz CT molecular complexity index is 352. The molecule has 7 N–H and O–H groups in total. The van der Waals surface area contributed by atoms with Crippen LogP contribution in [-0.2, 0) is 14.2 Å². The maximum Gasteiger partial charge on any atom is 0.187 e. The largest absolute Gasteiger partial charge is 0.394 e. The molecule has 0 aromatic heterocycles. The van der Waals surface area contributed by atoms with Crippen LogP contribution in [0.15, 0.2) is 0 Å². The zero-order valence-electron chi connectivity index (χ0n) is 11.8. The van der Waals surface area contributed by atoms with Gasteiger partial charge in [-0.2, -0.15) is 0 Å². The standard InChI is InChI=1S/C12H22O10/c1-3-5(14)10(9(18)11(19)20-3)22-12-8(17)7(16)6(15)4(2-13)21-12/h3-19H,2H2,1H3/t3-,4-,5-,6+,7+,8-,9+,10+,11?,12?/m1/s1. The summed E-state index contributed by atoms with van der Waals surface area (Å²) in [7, 11) is 0. The van der Waals surface area contributed by atoms with Gasteiger partial charge in [0.15, 0.2) is 12.6 Å². The van der Waals surface area contributed by atoms with Gasteiger partial charge in [-0.3, -0.25) is 0 Å². The number of aliphatic hydroxyl groups excluding tert-OH is 7. The van der Waals surface area contributed by atoms with Gasteiger partial charge in [-0.15, -0.1) is 0 Å². The van der Waals surface area contributed by atoms with Crippen LogP contribution in [0.25, 0.3) is 0 Å². The molecule has 10 nitrogen and oxygen atoms in total. The van der Waals surface area contributed by atoms with E-state index < -0.39 is 68.0 Å². The summed E-state index contributed by atoms with van der Waals surface area (Å²) in [5.74, 6) is 0. The molecule has 0 aromatic carbocycles. The molecule has 0 saturated carbocycles. The predicted octanol–water partition coefficient (Wildman–Crippen LogP) is -4.37. The van der Waals surface area contributed by atoms with E-state index in [1.54, 1.807) is 0 Å². The topological polar surface area (TPSA) is 169 Å². The van der Waals surface area contributed by atoms with Crippen molar-refractivity contribution in [2.75, 3.05) is 6.61 Å². The number of rotatable bonds is 3. The van der Waals surface area contributed by atoms with Crippen molar-refractivity contribution < 1.29 is 50.0 Å². The van der Waals surface area contributed by atoms with Crippen LogP contribution in [0.2, 0.25) is 0 Å². The average molecular weight is 326 g/mol. The lowest BCUT2D eigenvalue weighted by Crippen LogP contribution is -2.63. The van der Waals surface area contributed by atoms with Crippen LogP contribution >= 0.6 is 0 Å². The lowest BCUT2D eigenvalue weighted by Gasteiger charge is -2.44. The third-order valence-electron chi connectivity index (χ3n) is 3.94. The van der Waals surface area contributed by atoms with E-state index in [-0.39, 0.29) is 0 Å². The molecule has 0 bridgehead atoms. The van der Waals surface area contributed by atoms with Gasteiger partial charge >= 0.3 is 0 Å². The number of hydrogen-bond donors (Lipinski definition) is 7. The van der Waals surface area contributed by atoms with Gasteiger partial charge in [0, 0.05) is 0 Å². The number of ether oxygens (including phenoxy) is 3. The molecule has 0 amide bonds. The molecule has 2 heterocycles. The maximum absolute atomic E-state index is 9.96. The van der Waals surface area contributed by atoms with E-state index in [0.29, 0.717) is 0 Å². The molecule has 10 atom stereocenters. The second-order valence-corrected chi connectivity index (χ2v) is 5.51. The van der Waals surface area contributed by atoms with Crippen LogP contribution in [0.5, 0.6) is 0 Å². The van der Waals surface area contributed by atoms with Gasteiger partial charge in [-0.05, 0) is 6.92 Å². The quantitative estimate of drug-likeness (QED) is 0.269. The van der Waals surface area contributed by atoms with E-state index >= 15 is 0 Å². The molecule has 2 fully saturated rings. The minimum absolute atomic E-state index is 0.636. The minimum Gasteiger partial charge on any atom is -0.394 e. The minimum atomic E-state index is -1.67. The first kappa shape index (κ1) is 17.9. The summed E-state index contributed by atoms with van der Waals surface area (Å²) < 4.78 is 15.3. The second kappa shape index (κ2) is 7.01.